The van der Waals surface area contributed by atoms with Gasteiger partial charge >= 0.3 is 6.03 Å². The summed E-state index contributed by atoms with van der Waals surface area (Å²) in [6.45, 7) is 0.0872. The molecule has 0 bridgehead atoms. The summed E-state index contributed by atoms with van der Waals surface area (Å²) in [7, 11) is 0. The lowest BCUT2D eigenvalue weighted by Crippen LogP contribution is -2.34. The number of hydrogen-bond donors (Lipinski definition) is 0. The molecule has 2 aromatic carbocycles. The first kappa shape index (κ1) is 16.5. The maximum atomic E-state index is 14.0. The van der Waals surface area contributed by atoms with Gasteiger partial charge in [0.05, 0.1) is 30.1 Å². The van der Waals surface area contributed by atoms with E-state index in [1.807, 2.05) is 24.3 Å². The number of aromatic nitrogens is 1. The molecule has 7 heteroatoms. The number of amides is 2. The van der Waals surface area contributed by atoms with Crippen LogP contribution in [0.25, 0.3) is 10.8 Å². The minimum Gasteiger partial charge on any atom is -0.291 e. The van der Waals surface area contributed by atoms with Gasteiger partial charge in [0.1, 0.15) is 17.9 Å². The average Bonchev–Trinajstić information content (AvgIpc) is 3.03. The van der Waals surface area contributed by atoms with E-state index in [9.17, 15) is 14.4 Å². The molecule has 0 saturated carbocycles. The molecule has 1 saturated heterocycles. The second kappa shape index (κ2) is 6.40. The van der Waals surface area contributed by atoms with E-state index < -0.39 is 17.9 Å². The van der Waals surface area contributed by atoms with Crippen LogP contribution in [0.15, 0.2) is 54.9 Å². The smallest absolute Gasteiger partial charge is 0.291 e. The number of urea groups is 1. The topological polar surface area (TPSA) is 84.0 Å². The van der Waals surface area contributed by atoms with Crippen LogP contribution in [0.1, 0.15) is 5.56 Å². The number of halogens is 1. The lowest BCUT2D eigenvalue weighted by Gasteiger charge is -2.21. The molecule has 1 atom stereocenters. The van der Waals surface area contributed by atoms with Crippen LogP contribution in [0.2, 0.25) is 0 Å². The molecule has 2 amide bonds. The Kier molecular flexibility index (Phi) is 3.91. The highest BCUT2D eigenvalue weighted by Gasteiger charge is 2.40. The molecule has 1 unspecified atom stereocenters. The Bertz CT molecular complexity index is 1140. The highest BCUT2D eigenvalue weighted by Crippen LogP contribution is 2.33. The fraction of sp³-hybridized carbons (Fsp3) is 0.100. The van der Waals surface area contributed by atoms with E-state index >= 15 is 0 Å². The van der Waals surface area contributed by atoms with Gasteiger partial charge in [0.25, 0.3) is 0 Å². The van der Waals surface area contributed by atoms with Crippen molar-refractivity contribution in [1.29, 1.82) is 10.5 Å². The zero-order chi connectivity index (χ0) is 19.0. The number of benzene rings is 2. The second-order valence-electron chi connectivity index (χ2n) is 6.06. The molecular formula is C20H12FN5O. The normalized spacial score (nSPS) is 16.4. The van der Waals surface area contributed by atoms with Crippen LogP contribution in [0, 0.1) is 28.5 Å². The first-order valence-electron chi connectivity index (χ1n) is 8.17. The van der Waals surface area contributed by atoms with Gasteiger partial charge in [-0.05, 0) is 18.2 Å². The molecule has 2 heterocycles. The van der Waals surface area contributed by atoms with Crippen LogP contribution < -0.4 is 9.80 Å². The Morgan fingerprint density at radius 3 is 2.70 bits per heavy atom. The summed E-state index contributed by atoms with van der Waals surface area (Å²) in [5.41, 5.74) is 0.728. The van der Waals surface area contributed by atoms with Gasteiger partial charge in [-0.3, -0.25) is 14.8 Å². The average molecular weight is 357 g/mol. The summed E-state index contributed by atoms with van der Waals surface area (Å²) >= 11 is 0. The number of carbonyl (C=O) groups is 1. The van der Waals surface area contributed by atoms with Gasteiger partial charge < -0.3 is 0 Å². The third-order valence-electron chi connectivity index (χ3n) is 4.54. The Morgan fingerprint density at radius 2 is 1.96 bits per heavy atom. The van der Waals surface area contributed by atoms with Crippen molar-refractivity contribution in [2.75, 3.05) is 16.3 Å². The van der Waals surface area contributed by atoms with E-state index in [1.165, 1.54) is 21.9 Å². The lowest BCUT2D eigenvalue weighted by molar-refractivity contribution is 0.255. The van der Waals surface area contributed by atoms with E-state index in [1.54, 1.807) is 18.5 Å². The van der Waals surface area contributed by atoms with Crippen molar-refractivity contribution in [2.45, 2.75) is 6.04 Å². The third kappa shape index (κ3) is 2.62. The molecule has 0 aliphatic carbocycles. The molecule has 27 heavy (non-hydrogen) atoms. The molecule has 1 fully saturated rings. The van der Waals surface area contributed by atoms with Crippen LogP contribution in [0.5, 0.6) is 0 Å². The molecule has 1 aromatic heterocycles. The number of anilines is 2. The Balaban J connectivity index is 1.79. The van der Waals surface area contributed by atoms with Crippen LogP contribution in [-0.4, -0.2) is 23.6 Å². The van der Waals surface area contributed by atoms with Gasteiger partial charge in [-0.15, -0.1) is 0 Å². The molecule has 0 spiro atoms. The van der Waals surface area contributed by atoms with Gasteiger partial charge in [0, 0.05) is 22.7 Å². The second-order valence-corrected chi connectivity index (χ2v) is 6.06. The summed E-state index contributed by atoms with van der Waals surface area (Å²) in [4.78, 5) is 20.0. The van der Waals surface area contributed by atoms with Crippen molar-refractivity contribution in [3.05, 3.63) is 66.2 Å². The Hall–Kier alpha value is -3.97. The van der Waals surface area contributed by atoms with Crippen molar-refractivity contribution in [3.8, 4) is 12.1 Å². The Morgan fingerprint density at radius 1 is 1.15 bits per heavy atom. The number of rotatable bonds is 2. The van der Waals surface area contributed by atoms with E-state index in [0.717, 1.165) is 16.8 Å². The van der Waals surface area contributed by atoms with E-state index in [4.69, 9.17) is 5.26 Å². The van der Waals surface area contributed by atoms with E-state index in [-0.39, 0.29) is 12.1 Å². The molecular weight excluding hydrogens is 345 g/mol. The maximum absolute atomic E-state index is 14.0. The summed E-state index contributed by atoms with van der Waals surface area (Å²) in [6.07, 6.45) is 3.24. The van der Waals surface area contributed by atoms with Gasteiger partial charge in [-0.1, -0.05) is 24.3 Å². The van der Waals surface area contributed by atoms with Crippen LogP contribution in [0.4, 0.5) is 20.6 Å². The SMILES string of the molecule is N#Cc1ccc(N2CC(C#N)N(c3cncc4ccccc34)C2=O)cc1F. The summed E-state index contributed by atoms with van der Waals surface area (Å²) in [5.74, 6) is -0.707. The first-order chi connectivity index (χ1) is 13.1. The van der Waals surface area contributed by atoms with Crippen LogP contribution in [0.3, 0.4) is 0 Å². The number of fused-ring (bicyclic) bond motifs is 1. The zero-order valence-electron chi connectivity index (χ0n) is 14.0. The van der Waals surface area contributed by atoms with Crippen molar-refractivity contribution in [2.24, 2.45) is 0 Å². The molecule has 130 valence electrons. The van der Waals surface area contributed by atoms with E-state index in [0.29, 0.717) is 11.4 Å². The first-order valence-corrected chi connectivity index (χ1v) is 8.17. The maximum Gasteiger partial charge on any atom is 0.330 e. The number of carbonyl (C=O) groups excluding carboxylic acids is 1. The fourth-order valence-corrected chi connectivity index (χ4v) is 3.24. The van der Waals surface area contributed by atoms with Crippen molar-refractivity contribution in [3.63, 3.8) is 0 Å². The third-order valence-corrected chi connectivity index (χ3v) is 4.54. The van der Waals surface area contributed by atoms with E-state index in [2.05, 4.69) is 11.1 Å². The van der Waals surface area contributed by atoms with Crippen molar-refractivity contribution in [1.82, 2.24) is 4.98 Å². The van der Waals surface area contributed by atoms with Crippen molar-refractivity contribution < 1.29 is 9.18 Å². The number of hydrogen-bond acceptors (Lipinski definition) is 4. The van der Waals surface area contributed by atoms with Gasteiger partial charge in [0.2, 0.25) is 0 Å². The largest absolute Gasteiger partial charge is 0.330 e. The molecule has 4 rings (SSSR count). The number of nitrogens with zero attached hydrogens (tertiary/aromatic N) is 5. The Labute approximate surface area is 154 Å². The standard InChI is InChI=1S/C20H12FN5O/c21-18-7-15(6-5-13(18)8-22)25-12-16(9-23)26(20(25)27)19-11-24-10-14-3-1-2-4-17(14)19/h1-7,10-11,16H,12H2. The quantitative estimate of drug-likeness (QED) is 0.702. The monoisotopic (exact) mass is 357 g/mol. The minimum atomic E-state index is -0.746. The van der Waals surface area contributed by atoms with Crippen LogP contribution >= 0.6 is 0 Å². The minimum absolute atomic E-state index is 0.0872. The van der Waals surface area contributed by atoms with Crippen LogP contribution in [-0.2, 0) is 0 Å². The zero-order valence-corrected chi connectivity index (χ0v) is 14.0. The lowest BCUT2D eigenvalue weighted by atomic mass is 10.1. The molecule has 6 nitrogen and oxygen atoms in total. The number of nitriles is 2. The predicted octanol–water partition coefficient (Wildman–Crippen LogP) is 3.58. The molecule has 0 N–H and O–H groups in total. The van der Waals surface area contributed by atoms with Gasteiger partial charge in [-0.25, -0.2) is 9.18 Å². The fourth-order valence-electron chi connectivity index (χ4n) is 3.24. The summed E-state index contributed by atoms with van der Waals surface area (Å²) < 4.78 is 14.0. The molecule has 1 aliphatic rings. The highest BCUT2D eigenvalue weighted by molar-refractivity contribution is 6.11. The highest BCUT2D eigenvalue weighted by atomic mass is 19.1. The summed E-state index contributed by atoms with van der Waals surface area (Å²) in [5, 5.41) is 20.1. The molecule has 0 radical (unpaired) electrons. The predicted molar refractivity (Wildman–Crippen MR) is 97.5 cm³/mol. The molecule has 3 aromatic rings. The number of pyridine rings is 1. The van der Waals surface area contributed by atoms with Gasteiger partial charge in [0.15, 0.2) is 0 Å². The molecule has 1 aliphatic heterocycles. The van der Waals surface area contributed by atoms with Crippen molar-refractivity contribution >= 4 is 28.2 Å². The summed E-state index contributed by atoms with van der Waals surface area (Å²) in [6, 6.07) is 14.1. The van der Waals surface area contributed by atoms with Gasteiger partial charge in [-0.2, -0.15) is 10.5 Å².